The van der Waals surface area contributed by atoms with Gasteiger partial charge >= 0.3 is 0 Å². The lowest BCUT2D eigenvalue weighted by Gasteiger charge is -2.32. The van der Waals surface area contributed by atoms with Crippen LogP contribution in [0.4, 0.5) is 0 Å². The van der Waals surface area contributed by atoms with Crippen LogP contribution in [0, 0.1) is 0 Å². The highest BCUT2D eigenvalue weighted by Gasteiger charge is 2.30. The van der Waals surface area contributed by atoms with Gasteiger partial charge in [-0.3, -0.25) is 0 Å². The largest absolute Gasteiger partial charge is 0.324 e. The minimum atomic E-state index is -3.39. The molecule has 4 nitrogen and oxygen atoms in total. The molecule has 1 aromatic rings. The van der Waals surface area contributed by atoms with Gasteiger partial charge < -0.3 is 5.73 Å². The Labute approximate surface area is 115 Å². The first kappa shape index (κ1) is 14.5. The first-order valence-corrected chi connectivity index (χ1v) is 8.24. The number of rotatable bonds is 3. The van der Waals surface area contributed by atoms with Crippen LogP contribution in [0.25, 0.3) is 0 Å². The molecule has 0 amide bonds. The van der Waals surface area contributed by atoms with Crippen molar-refractivity contribution in [3.63, 3.8) is 0 Å². The number of nitrogens with two attached hydrogens (primary N) is 1. The summed E-state index contributed by atoms with van der Waals surface area (Å²) in [7, 11) is -3.39. The minimum Gasteiger partial charge on any atom is -0.324 e. The average Bonchev–Trinajstić information content (AvgIpc) is 2.39. The van der Waals surface area contributed by atoms with Crippen molar-refractivity contribution in [2.24, 2.45) is 5.73 Å². The zero-order valence-corrected chi connectivity index (χ0v) is 12.4. The number of hydrogen-bond acceptors (Lipinski definition) is 3. The molecule has 2 atom stereocenters. The fourth-order valence-corrected chi connectivity index (χ4v) is 4.28. The SMILES string of the molecule is CC(N)c1cccc(S(=O)(=O)N2CCCCC2C)c1. The summed E-state index contributed by atoms with van der Waals surface area (Å²) in [5.74, 6) is 0. The summed E-state index contributed by atoms with van der Waals surface area (Å²) < 4.78 is 26.9. The molecular weight excluding hydrogens is 260 g/mol. The van der Waals surface area contributed by atoms with E-state index in [0.29, 0.717) is 11.4 Å². The maximum atomic E-state index is 12.7. The molecule has 0 aliphatic carbocycles. The zero-order chi connectivity index (χ0) is 14.0. The summed E-state index contributed by atoms with van der Waals surface area (Å²) in [4.78, 5) is 0.357. The van der Waals surface area contributed by atoms with Crippen LogP contribution in [0.3, 0.4) is 0 Å². The van der Waals surface area contributed by atoms with Crippen molar-refractivity contribution < 1.29 is 8.42 Å². The van der Waals surface area contributed by atoms with Gasteiger partial charge in [-0.05, 0) is 44.4 Å². The van der Waals surface area contributed by atoms with Gasteiger partial charge in [-0.15, -0.1) is 0 Å². The molecule has 0 spiro atoms. The van der Waals surface area contributed by atoms with Crippen LogP contribution in [-0.2, 0) is 10.0 Å². The van der Waals surface area contributed by atoms with Crippen LogP contribution in [0.1, 0.15) is 44.7 Å². The number of hydrogen-bond donors (Lipinski definition) is 1. The fraction of sp³-hybridized carbons (Fsp3) is 0.571. The standard InChI is InChI=1S/C14H22N2O2S/c1-11-6-3-4-9-16(11)19(17,18)14-8-5-7-13(10-14)12(2)15/h5,7-8,10-12H,3-4,6,9,15H2,1-2H3. The number of sulfonamides is 1. The van der Waals surface area contributed by atoms with Crippen molar-refractivity contribution in [3.05, 3.63) is 29.8 Å². The Hall–Kier alpha value is -0.910. The maximum Gasteiger partial charge on any atom is 0.243 e. The third-order valence-corrected chi connectivity index (χ3v) is 5.74. The number of benzene rings is 1. The van der Waals surface area contributed by atoms with Gasteiger partial charge in [0.2, 0.25) is 10.0 Å². The van der Waals surface area contributed by atoms with Gasteiger partial charge in [0.1, 0.15) is 0 Å². The summed E-state index contributed by atoms with van der Waals surface area (Å²) in [6.07, 6.45) is 2.98. The summed E-state index contributed by atoms with van der Waals surface area (Å²) in [5.41, 5.74) is 6.68. The predicted molar refractivity (Wildman–Crippen MR) is 76.2 cm³/mol. The lowest BCUT2D eigenvalue weighted by atomic mass is 10.1. The third-order valence-electron chi connectivity index (χ3n) is 3.73. The second kappa shape index (κ2) is 5.61. The molecule has 1 aromatic carbocycles. The Bertz CT molecular complexity index is 540. The van der Waals surface area contributed by atoms with Crippen molar-refractivity contribution in [3.8, 4) is 0 Å². The van der Waals surface area contributed by atoms with Gasteiger partial charge in [0.25, 0.3) is 0 Å². The van der Waals surface area contributed by atoms with E-state index in [1.165, 1.54) is 0 Å². The van der Waals surface area contributed by atoms with Crippen LogP contribution in [-0.4, -0.2) is 25.3 Å². The fourth-order valence-electron chi connectivity index (χ4n) is 2.52. The first-order valence-electron chi connectivity index (χ1n) is 6.80. The smallest absolute Gasteiger partial charge is 0.243 e. The monoisotopic (exact) mass is 282 g/mol. The van der Waals surface area contributed by atoms with Crippen LogP contribution in [0.15, 0.2) is 29.2 Å². The van der Waals surface area contributed by atoms with E-state index in [0.717, 1.165) is 24.8 Å². The van der Waals surface area contributed by atoms with Crippen molar-refractivity contribution in [1.82, 2.24) is 4.31 Å². The molecule has 2 unspecified atom stereocenters. The first-order chi connectivity index (χ1) is 8.93. The summed E-state index contributed by atoms with van der Waals surface area (Å²) in [5, 5.41) is 0. The van der Waals surface area contributed by atoms with Gasteiger partial charge in [0, 0.05) is 18.6 Å². The predicted octanol–water partition coefficient (Wildman–Crippen LogP) is 2.27. The normalized spacial score (nSPS) is 23.2. The van der Waals surface area contributed by atoms with Gasteiger partial charge in [-0.25, -0.2) is 8.42 Å². The maximum absolute atomic E-state index is 12.7. The summed E-state index contributed by atoms with van der Waals surface area (Å²) in [6.45, 7) is 4.45. The van der Waals surface area contributed by atoms with E-state index in [9.17, 15) is 8.42 Å². The van der Waals surface area contributed by atoms with Crippen molar-refractivity contribution in [2.45, 2.75) is 50.1 Å². The Balaban J connectivity index is 2.36. The summed E-state index contributed by atoms with van der Waals surface area (Å²) in [6, 6.07) is 6.90. The lowest BCUT2D eigenvalue weighted by Crippen LogP contribution is -2.41. The van der Waals surface area contributed by atoms with E-state index in [2.05, 4.69) is 0 Å². The number of piperidine rings is 1. The molecule has 2 N–H and O–H groups in total. The molecule has 0 bridgehead atoms. The quantitative estimate of drug-likeness (QED) is 0.925. The molecule has 0 aromatic heterocycles. The molecule has 5 heteroatoms. The minimum absolute atomic E-state index is 0.0812. The highest BCUT2D eigenvalue weighted by molar-refractivity contribution is 7.89. The Morgan fingerprint density at radius 3 is 2.74 bits per heavy atom. The van der Waals surface area contributed by atoms with E-state index in [1.807, 2.05) is 19.9 Å². The Morgan fingerprint density at radius 2 is 2.11 bits per heavy atom. The van der Waals surface area contributed by atoms with E-state index in [1.54, 1.807) is 22.5 Å². The third kappa shape index (κ3) is 2.99. The topological polar surface area (TPSA) is 63.4 Å². The second-order valence-electron chi connectivity index (χ2n) is 5.32. The van der Waals surface area contributed by atoms with Gasteiger partial charge in [-0.2, -0.15) is 4.31 Å². The zero-order valence-electron chi connectivity index (χ0n) is 11.5. The molecule has 2 rings (SSSR count). The van der Waals surface area contributed by atoms with E-state index in [-0.39, 0.29) is 12.1 Å². The highest BCUT2D eigenvalue weighted by Crippen LogP contribution is 2.26. The lowest BCUT2D eigenvalue weighted by molar-refractivity contribution is 0.268. The number of nitrogens with zero attached hydrogens (tertiary/aromatic N) is 1. The second-order valence-corrected chi connectivity index (χ2v) is 7.21. The van der Waals surface area contributed by atoms with Gasteiger partial charge in [0.05, 0.1) is 4.90 Å². The van der Waals surface area contributed by atoms with Crippen LogP contribution >= 0.6 is 0 Å². The molecule has 106 valence electrons. The van der Waals surface area contributed by atoms with Gasteiger partial charge in [0.15, 0.2) is 0 Å². The van der Waals surface area contributed by atoms with E-state index in [4.69, 9.17) is 5.73 Å². The van der Waals surface area contributed by atoms with Crippen molar-refractivity contribution in [1.29, 1.82) is 0 Å². The van der Waals surface area contributed by atoms with Crippen LogP contribution in [0.2, 0.25) is 0 Å². The van der Waals surface area contributed by atoms with E-state index < -0.39 is 10.0 Å². The summed E-state index contributed by atoms with van der Waals surface area (Å²) >= 11 is 0. The van der Waals surface area contributed by atoms with Gasteiger partial charge in [-0.1, -0.05) is 18.6 Å². The molecule has 1 aliphatic rings. The molecule has 1 heterocycles. The van der Waals surface area contributed by atoms with Crippen molar-refractivity contribution in [2.75, 3.05) is 6.54 Å². The molecule has 1 saturated heterocycles. The van der Waals surface area contributed by atoms with Crippen LogP contribution < -0.4 is 5.73 Å². The van der Waals surface area contributed by atoms with E-state index >= 15 is 0 Å². The molecule has 0 radical (unpaired) electrons. The molecule has 0 saturated carbocycles. The Morgan fingerprint density at radius 1 is 1.37 bits per heavy atom. The molecule has 19 heavy (non-hydrogen) atoms. The molecule has 1 fully saturated rings. The van der Waals surface area contributed by atoms with Crippen LogP contribution in [0.5, 0.6) is 0 Å². The average molecular weight is 282 g/mol. The Kier molecular flexibility index (Phi) is 4.28. The molecule has 1 aliphatic heterocycles. The highest BCUT2D eigenvalue weighted by atomic mass is 32.2. The van der Waals surface area contributed by atoms with Crippen molar-refractivity contribution >= 4 is 10.0 Å². The molecular formula is C14H22N2O2S.